The first-order valence-electron chi connectivity index (χ1n) is 7.43. The molecule has 0 radical (unpaired) electrons. The van der Waals surface area contributed by atoms with Crippen LogP contribution in [0.15, 0.2) is 30.5 Å². The fourth-order valence-electron chi connectivity index (χ4n) is 1.94. The highest BCUT2D eigenvalue weighted by Gasteiger charge is 2.04. The zero-order chi connectivity index (χ0) is 15.2. The van der Waals surface area contributed by atoms with Crippen molar-refractivity contribution >= 4 is 0 Å². The lowest BCUT2D eigenvalue weighted by molar-refractivity contribution is 0.242. The lowest BCUT2D eigenvalue weighted by Gasteiger charge is -2.09. The van der Waals surface area contributed by atoms with Crippen molar-refractivity contribution in [2.24, 2.45) is 5.92 Å². The number of benzene rings is 1. The van der Waals surface area contributed by atoms with Crippen LogP contribution in [-0.4, -0.2) is 27.6 Å². The predicted molar refractivity (Wildman–Crippen MR) is 83.7 cm³/mol. The fourth-order valence-corrected chi connectivity index (χ4v) is 1.94. The van der Waals surface area contributed by atoms with E-state index >= 15 is 0 Å². The van der Waals surface area contributed by atoms with Gasteiger partial charge in [0.25, 0.3) is 0 Å². The summed E-state index contributed by atoms with van der Waals surface area (Å²) in [5, 5.41) is 11.7. The van der Waals surface area contributed by atoms with E-state index in [1.165, 1.54) is 0 Å². The number of hydrogen-bond acceptors (Lipinski definition) is 4. The van der Waals surface area contributed by atoms with E-state index < -0.39 is 0 Å². The van der Waals surface area contributed by atoms with Gasteiger partial charge >= 0.3 is 0 Å². The van der Waals surface area contributed by atoms with Crippen LogP contribution in [-0.2, 0) is 6.54 Å². The number of nitrogens with zero attached hydrogens (tertiary/aromatic N) is 3. The van der Waals surface area contributed by atoms with Crippen molar-refractivity contribution in [2.75, 3.05) is 6.54 Å². The summed E-state index contributed by atoms with van der Waals surface area (Å²) in [5.41, 5.74) is 1.92. The average molecular weight is 288 g/mol. The number of rotatable bonds is 7. The average Bonchev–Trinajstić information content (AvgIpc) is 2.87. The van der Waals surface area contributed by atoms with E-state index in [9.17, 15) is 0 Å². The molecule has 0 bridgehead atoms. The van der Waals surface area contributed by atoms with E-state index in [0.29, 0.717) is 5.92 Å². The molecule has 1 N–H and O–H groups in total. The largest absolute Gasteiger partial charge is 0.491 e. The Bertz CT molecular complexity index is 546. The molecule has 0 spiro atoms. The van der Waals surface area contributed by atoms with Gasteiger partial charge in [0.05, 0.1) is 23.7 Å². The van der Waals surface area contributed by atoms with E-state index in [1.807, 2.05) is 44.3 Å². The van der Waals surface area contributed by atoms with Crippen molar-refractivity contribution in [2.45, 2.75) is 40.3 Å². The molecular formula is C16H24N4O. The highest BCUT2D eigenvalue weighted by atomic mass is 16.5. The molecule has 0 saturated heterocycles. The Morgan fingerprint density at radius 3 is 2.48 bits per heavy atom. The molecule has 0 aliphatic rings. The van der Waals surface area contributed by atoms with Gasteiger partial charge in [-0.3, -0.25) is 0 Å². The molecule has 21 heavy (non-hydrogen) atoms. The molecule has 5 heteroatoms. The van der Waals surface area contributed by atoms with Crippen LogP contribution in [0.3, 0.4) is 0 Å². The molecule has 5 nitrogen and oxygen atoms in total. The summed E-state index contributed by atoms with van der Waals surface area (Å²) in [6.07, 6.45) is 2.13. The Hall–Kier alpha value is -1.88. The molecule has 2 aromatic rings. The summed E-state index contributed by atoms with van der Waals surface area (Å²) in [7, 11) is 0. The topological polar surface area (TPSA) is 52.0 Å². The van der Waals surface area contributed by atoms with Crippen LogP contribution >= 0.6 is 0 Å². The predicted octanol–water partition coefficient (Wildman–Crippen LogP) is 2.80. The van der Waals surface area contributed by atoms with Gasteiger partial charge in [-0.2, -0.15) is 0 Å². The van der Waals surface area contributed by atoms with Gasteiger partial charge in [0, 0.05) is 6.54 Å². The van der Waals surface area contributed by atoms with Crippen molar-refractivity contribution < 1.29 is 4.74 Å². The lowest BCUT2D eigenvalue weighted by atomic mass is 10.2. The molecule has 0 aliphatic carbocycles. The van der Waals surface area contributed by atoms with Crippen molar-refractivity contribution in [3.63, 3.8) is 0 Å². The Balaban J connectivity index is 1.97. The fraction of sp³-hybridized carbons (Fsp3) is 0.500. The quantitative estimate of drug-likeness (QED) is 0.851. The maximum Gasteiger partial charge on any atom is 0.119 e. The van der Waals surface area contributed by atoms with Crippen LogP contribution in [0.1, 0.15) is 33.4 Å². The number of hydrogen-bond donors (Lipinski definition) is 1. The Kier molecular flexibility index (Phi) is 5.33. The molecule has 1 aromatic heterocycles. The standard InChI is InChI=1S/C16H24N4O/c1-12(2)9-17-10-14-11-20(19-18-14)15-5-7-16(8-6-15)21-13(3)4/h5-8,11-13,17H,9-10H2,1-4H3. The molecule has 0 amide bonds. The third-order valence-corrected chi connectivity index (χ3v) is 2.87. The van der Waals surface area contributed by atoms with E-state index in [4.69, 9.17) is 4.74 Å². The Labute approximate surface area is 126 Å². The van der Waals surface area contributed by atoms with Crippen LogP contribution in [0, 0.1) is 5.92 Å². The van der Waals surface area contributed by atoms with Crippen molar-refractivity contribution in [1.82, 2.24) is 20.3 Å². The van der Waals surface area contributed by atoms with Crippen molar-refractivity contribution in [3.8, 4) is 11.4 Å². The molecule has 0 fully saturated rings. The molecule has 1 heterocycles. The maximum absolute atomic E-state index is 5.63. The number of aromatic nitrogens is 3. The second-order valence-corrected chi connectivity index (χ2v) is 5.84. The normalized spacial score (nSPS) is 11.3. The minimum atomic E-state index is 0.181. The molecular weight excluding hydrogens is 264 g/mol. The first-order chi connectivity index (χ1) is 10.0. The van der Waals surface area contributed by atoms with E-state index in [-0.39, 0.29) is 6.10 Å². The van der Waals surface area contributed by atoms with E-state index in [0.717, 1.165) is 30.2 Å². The molecule has 0 saturated carbocycles. The summed E-state index contributed by atoms with van der Waals surface area (Å²) < 4.78 is 7.41. The smallest absolute Gasteiger partial charge is 0.119 e. The van der Waals surface area contributed by atoms with Crippen LogP contribution in [0.4, 0.5) is 0 Å². The molecule has 114 valence electrons. The van der Waals surface area contributed by atoms with E-state index in [2.05, 4.69) is 29.5 Å². The zero-order valence-corrected chi connectivity index (χ0v) is 13.2. The van der Waals surface area contributed by atoms with Crippen molar-refractivity contribution in [1.29, 1.82) is 0 Å². The van der Waals surface area contributed by atoms with Gasteiger partial charge in [-0.15, -0.1) is 5.10 Å². The van der Waals surface area contributed by atoms with Gasteiger partial charge in [-0.05, 0) is 50.6 Å². The van der Waals surface area contributed by atoms with Gasteiger partial charge in [0.15, 0.2) is 0 Å². The number of nitrogens with one attached hydrogen (secondary N) is 1. The molecule has 1 aromatic carbocycles. The summed E-state index contributed by atoms with van der Waals surface area (Å²) in [6.45, 7) is 10.1. The highest BCUT2D eigenvalue weighted by Crippen LogP contribution is 2.16. The SMILES string of the molecule is CC(C)CNCc1cn(-c2ccc(OC(C)C)cc2)nn1. The second kappa shape index (κ2) is 7.22. The second-order valence-electron chi connectivity index (χ2n) is 5.84. The summed E-state index contributed by atoms with van der Waals surface area (Å²) in [5.74, 6) is 1.50. The third kappa shape index (κ3) is 4.86. The zero-order valence-electron chi connectivity index (χ0n) is 13.2. The monoisotopic (exact) mass is 288 g/mol. The first-order valence-corrected chi connectivity index (χ1v) is 7.43. The lowest BCUT2D eigenvalue weighted by Crippen LogP contribution is -2.19. The van der Waals surface area contributed by atoms with Crippen LogP contribution in [0.25, 0.3) is 5.69 Å². The van der Waals surface area contributed by atoms with Gasteiger partial charge < -0.3 is 10.1 Å². The van der Waals surface area contributed by atoms with Gasteiger partial charge in [-0.25, -0.2) is 4.68 Å². The summed E-state index contributed by atoms with van der Waals surface area (Å²) in [4.78, 5) is 0. The molecule has 0 aliphatic heterocycles. The highest BCUT2D eigenvalue weighted by molar-refractivity contribution is 5.36. The minimum absolute atomic E-state index is 0.181. The van der Waals surface area contributed by atoms with Crippen LogP contribution in [0.5, 0.6) is 5.75 Å². The van der Waals surface area contributed by atoms with Gasteiger partial charge in [0.2, 0.25) is 0 Å². The van der Waals surface area contributed by atoms with Crippen LogP contribution < -0.4 is 10.1 Å². The third-order valence-electron chi connectivity index (χ3n) is 2.87. The summed E-state index contributed by atoms with van der Waals surface area (Å²) >= 11 is 0. The van der Waals surface area contributed by atoms with Gasteiger partial charge in [0.1, 0.15) is 5.75 Å². The Morgan fingerprint density at radius 2 is 1.86 bits per heavy atom. The van der Waals surface area contributed by atoms with Crippen LogP contribution in [0.2, 0.25) is 0 Å². The molecule has 0 atom stereocenters. The van der Waals surface area contributed by atoms with E-state index in [1.54, 1.807) is 4.68 Å². The minimum Gasteiger partial charge on any atom is -0.491 e. The van der Waals surface area contributed by atoms with Gasteiger partial charge in [-0.1, -0.05) is 19.1 Å². The number of ether oxygens (including phenoxy) is 1. The summed E-state index contributed by atoms with van der Waals surface area (Å²) in [6, 6.07) is 7.87. The maximum atomic E-state index is 5.63. The molecule has 2 rings (SSSR count). The Morgan fingerprint density at radius 1 is 1.14 bits per heavy atom. The van der Waals surface area contributed by atoms with Crippen molar-refractivity contribution in [3.05, 3.63) is 36.2 Å². The first kappa shape index (κ1) is 15.5. The molecule has 0 unspecified atom stereocenters.